The molecule has 0 aliphatic carbocycles. The Morgan fingerprint density at radius 2 is 2.00 bits per heavy atom. The lowest BCUT2D eigenvalue weighted by Crippen LogP contribution is -2.16. The second kappa shape index (κ2) is 5.47. The number of benzene rings is 1. The number of aryl methyl sites for hydroxylation is 1. The van der Waals surface area contributed by atoms with Crippen LogP contribution in [-0.2, 0) is 0 Å². The molecule has 0 saturated heterocycles. The smallest absolute Gasteiger partial charge is 0.128 e. The number of rotatable bonds is 3. The summed E-state index contributed by atoms with van der Waals surface area (Å²) < 4.78 is 5.31. The number of ether oxygens (including phenoxy) is 1. The molecule has 4 nitrogen and oxygen atoms in total. The summed E-state index contributed by atoms with van der Waals surface area (Å²) in [5.74, 6) is 1.07. The Kier molecular flexibility index (Phi) is 3.93. The highest BCUT2D eigenvalue weighted by Crippen LogP contribution is 2.32. The van der Waals surface area contributed by atoms with Gasteiger partial charge in [0.25, 0.3) is 0 Å². The highest BCUT2D eigenvalue weighted by molar-refractivity contribution is 6.30. The second-order valence-electron chi connectivity index (χ2n) is 4.35. The molecule has 19 heavy (non-hydrogen) atoms. The molecule has 0 amide bonds. The minimum absolute atomic E-state index is 0.403. The number of halogens is 1. The van der Waals surface area contributed by atoms with Gasteiger partial charge in [0, 0.05) is 22.3 Å². The monoisotopic (exact) mass is 277 g/mol. The van der Waals surface area contributed by atoms with Gasteiger partial charge in [-0.3, -0.25) is 0 Å². The summed E-state index contributed by atoms with van der Waals surface area (Å²) in [5, 5.41) is 0.600. The van der Waals surface area contributed by atoms with Gasteiger partial charge in [-0.1, -0.05) is 17.7 Å². The number of nitrogens with two attached hydrogens (primary N) is 2. The highest BCUT2D eigenvalue weighted by Gasteiger charge is 2.17. The molecule has 0 bridgehead atoms. The van der Waals surface area contributed by atoms with E-state index >= 15 is 0 Å². The summed E-state index contributed by atoms with van der Waals surface area (Å²) in [6.45, 7) is 1.95. The average molecular weight is 278 g/mol. The molecule has 0 fully saturated rings. The first-order chi connectivity index (χ1) is 9.02. The largest absolute Gasteiger partial charge is 0.496 e. The second-order valence-corrected chi connectivity index (χ2v) is 4.79. The highest BCUT2D eigenvalue weighted by atomic mass is 35.5. The summed E-state index contributed by atoms with van der Waals surface area (Å²) in [7, 11) is 1.58. The first-order valence-electron chi connectivity index (χ1n) is 5.84. The lowest BCUT2D eigenvalue weighted by atomic mass is 9.98. The maximum absolute atomic E-state index is 6.27. The maximum atomic E-state index is 6.27. The fourth-order valence-corrected chi connectivity index (χ4v) is 2.12. The predicted octanol–water partition coefficient (Wildman–Crippen LogP) is 2.68. The molecular weight excluding hydrogens is 262 g/mol. The zero-order valence-electron chi connectivity index (χ0n) is 10.9. The summed E-state index contributed by atoms with van der Waals surface area (Å²) in [6.07, 6.45) is 1.71. The van der Waals surface area contributed by atoms with Gasteiger partial charge < -0.3 is 16.2 Å². The van der Waals surface area contributed by atoms with Crippen LogP contribution in [0.5, 0.6) is 5.75 Å². The third-order valence-corrected chi connectivity index (χ3v) is 3.19. The van der Waals surface area contributed by atoms with Crippen LogP contribution in [-0.4, -0.2) is 12.1 Å². The Balaban J connectivity index is 2.49. The fraction of sp³-hybridized carbons (Fsp3) is 0.214. The van der Waals surface area contributed by atoms with Crippen molar-refractivity contribution < 1.29 is 4.74 Å². The molecule has 100 valence electrons. The van der Waals surface area contributed by atoms with E-state index in [2.05, 4.69) is 4.98 Å². The van der Waals surface area contributed by atoms with Crippen molar-refractivity contribution in [2.75, 3.05) is 12.8 Å². The van der Waals surface area contributed by atoms with Gasteiger partial charge in [-0.05, 0) is 30.7 Å². The topological polar surface area (TPSA) is 74.2 Å². The first kappa shape index (κ1) is 13.6. The predicted molar refractivity (Wildman–Crippen MR) is 77.4 cm³/mol. The Hall–Kier alpha value is -1.78. The van der Waals surface area contributed by atoms with Crippen molar-refractivity contribution in [2.24, 2.45) is 5.73 Å². The standard InChI is InChI=1S/C14H16ClN3O/c1-8-5-11(14(17)18-7-8)13(16)10-4-3-9(15)6-12(10)19-2/h3-7,13H,16H2,1-2H3,(H2,17,18). The van der Waals surface area contributed by atoms with E-state index in [0.717, 1.165) is 16.7 Å². The number of aromatic nitrogens is 1. The third kappa shape index (κ3) is 2.80. The van der Waals surface area contributed by atoms with E-state index in [9.17, 15) is 0 Å². The fourth-order valence-electron chi connectivity index (χ4n) is 1.96. The van der Waals surface area contributed by atoms with E-state index in [1.165, 1.54) is 0 Å². The zero-order valence-corrected chi connectivity index (χ0v) is 11.6. The molecule has 0 radical (unpaired) electrons. The number of hydrogen-bond donors (Lipinski definition) is 2. The van der Waals surface area contributed by atoms with E-state index in [-0.39, 0.29) is 0 Å². The quantitative estimate of drug-likeness (QED) is 0.904. The van der Waals surface area contributed by atoms with Gasteiger partial charge in [0.2, 0.25) is 0 Å². The molecule has 1 aromatic carbocycles. The Morgan fingerprint density at radius 3 is 2.68 bits per heavy atom. The third-order valence-electron chi connectivity index (χ3n) is 2.95. The Bertz CT molecular complexity index is 601. The SMILES string of the molecule is COc1cc(Cl)ccc1C(N)c1cc(C)cnc1N. The number of methoxy groups -OCH3 is 1. The van der Waals surface area contributed by atoms with E-state index in [0.29, 0.717) is 16.6 Å². The lowest BCUT2D eigenvalue weighted by Gasteiger charge is -2.18. The van der Waals surface area contributed by atoms with Crippen LogP contribution in [0.4, 0.5) is 5.82 Å². The number of nitrogen functional groups attached to an aromatic ring is 1. The summed E-state index contributed by atoms with van der Waals surface area (Å²) in [4.78, 5) is 4.13. The van der Waals surface area contributed by atoms with Crippen LogP contribution in [0.15, 0.2) is 30.5 Å². The Morgan fingerprint density at radius 1 is 1.26 bits per heavy atom. The molecule has 5 heteroatoms. The van der Waals surface area contributed by atoms with E-state index < -0.39 is 6.04 Å². The van der Waals surface area contributed by atoms with Crippen molar-refractivity contribution in [1.82, 2.24) is 4.98 Å². The van der Waals surface area contributed by atoms with Crippen LogP contribution < -0.4 is 16.2 Å². The lowest BCUT2D eigenvalue weighted by molar-refractivity contribution is 0.408. The van der Waals surface area contributed by atoms with Crippen molar-refractivity contribution in [3.05, 3.63) is 52.2 Å². The van der Waals surface area contributed by atoms with Crippen molar-refractivity contribution in [2.45, 2.75) is 13.0 Å². The molecule has 2 rings (SSSR count). The van der Waals surface area contributed by atoms with Crippen LogP contribution in [0.3, 0.4) is 0 Å². The average Bonchev–Trinajstić information content (AvgIpc) is 2.40. The summed E-state index contributed by atoms with van der Waals surface area (Å²) >= 11 is 5.94. The zero-order chi connectivity index (χ0) is 14.0. The molecule has 0 aliphatic rings. The van der Waals surface area contributed by atoms with E-state index in [4.69, 9.17) is 27.8 Å². The van der Waals surface area contributed by atoms with Gasteiger partial charge >= 0.3 is 0 Å². The van der Waals surface area contributed by atoms with Gasteiger partial charge in [-0.25, -0.2) is 4.98 Å². The van der Waals surface area contributed by atoms with E-state index in [1.54, 1.807) is 25.4 Å². The minimum atomic E-state index is -0.403. The molecule has 1 atom stereocenters. The normalized spacial score (nSPS) is 12.2. The van der Waals surface area contributed by atoms with Gasteiger partial charge in [-0.2, -0.15) is 0 Å². The van der Waals surface area contributed by atoms with Crippen LogP contribution in [0.2, 0.25) is 5.02 Å². The van der Waals surface area contributed by atoms with Crippen molar-refractivity contribution in [1.29, 1.82) is 0 Å². The van der Waals surface area contributed by atoms with Gasteiger partial charge in [0.05, 0.1) is 13.2 Å². The molecular formula is C14H16ClN3O. The molecule has 0 spiro atoms. The number of nitrogens with zero attached hydrogens (tertiary/aromatic N) is 1. The van der Waals surface area contributed by atoms with Crippen molar-refractivity contribution in [3.63, 3.8) is 0 Å². The van der Waals surface area contributed by atoms with Gasteiger partial charge in [0.15, 0.2) is 0 Å². The van der Waals surface area contributed by atoms with E-state index in [1.807, 2.05) is 19.1 Å². The molecule has 1 heterocycles. The van der Waals surface area contributed by atoms with Crippen LogP contribution in [0.1, 0.15) is 22.7 Å². The summed E-state index contributed by atoms with van der Waals surface area (Å²) in [6, 6.07) is 6.88. The number of anilines is 1. The maximum Gasteiger partial charge on any atom is 0.128 e. The molecule has 4 N–H and O–H groups in total. The first-order valence-corrected chi connectivity index (χ1v) is 6.21. The molecule has 1 unspecified atom stereocenters. The molecule has 1 aromatic heterocycles. The number of hydrogen-bond acceptors (Lipinski definition) is 4. The van der Waals surface area contributed by atoms with Crippen LogP contribution in [0.25, 0.3) is 0 Å². The molecule has 0 saturated carbocycles. The molecule has 0 aliphatic heterocycles. The van der Waals surface area contributed by atoms with Crippen LogP contribution >= 0.6 is 11.6 Å². The van der Waals surface area contributed by atoms with Gasteiger partial charge in [0.1, 0.15) is 11.6 Å². The van der Waals surface area contributed by atoms with Crippen molar-refractivity contribution in [3.8, 4) is 5.75 Å². The van der Waals surface area contributed by atoms with Crippen LogP contribution in [0, 0.1) is 6.92 Å². The van der Waals surface area contributed by atoms with Crippen molar-refractivity contribution >= 4 is 17.4 Å². The minimum Gasteiger partial charge on any atom is -0.496 e. The van der Waals surface area contributed by atoms with Gasteiger partial charge in [-0.15, -0.1) is 0 Å². The summed E-state index contributed by atoms with van der Waals surface area (Å²) in [5.41, 5.74) is 14.8. The Labute approximate surface area is 117 Å². The number of pyridine rings is 1. The molecule has 2 aromatic rings.